The largest absolute Gasteiger partial charge is 0.367 e. The fraction of sp³-hybridized carbons (Fsp3) is 0.375. The summed E-state index contributed by atoms with van der Waals surface area (Å²) in [6.45, 7) is 2.03. The number of nitrogens with one attached hydrogen (secondary N) is 2. The third-order valence-electron chi connectivity index (χ3n) is 4.27. The Bertz CT molecular complexity index is 722. The predicted molar refractivity (Wildman–Crippen MR) is 82.7 cm³/mol. The van der Waals surface area contributed by atoms with Crippen LogP contribution in [-0.2, 0) is 11.2 Å². The zero-order chi connectivity index (χ0) is 15.1. The summed E-state index contributed by atoms with van der Waals surface area (Å²) in [5.41, 5.74) is 2.93. The highest BCUT2D eigenvalue weighted by atomic mass is 16.1. The van der Waals surface area contributed by atoms with Gasteiger partial charge in [0.05, 0.1) is 24.0 Å². The van der Waals surface area contributed by atoms with Gasteiger partial charge in [0.25, 0.3) is 0 Å². The highest BCUT2D eigenvalue weighted by Crippen LogP contribution is 2.38. The van der Waals surface area contributed by atoms with Crippen LogP contribution >= 0.6 is 0 Å². The fourth-order valence-electron chi connectivity index (χ4n) is 2.94. The van der Waals surface area contributed by atoms with Crippen molar-refractivity contribution < 1.29 is 4.79 Å². The van der Waals surface area contributed by atoms with Crippen LogP contribution in [0.4, 0.5) is 11.6 Å². The molecule has 0 saturated heterocycles. The van der Waals surface area contributed by atoms with E-state index in [9.17, 15) is 4.79 Å². The van der Waals surface area contributed by atoms with Crippen molar-refractivity contribution in [2.45, 2.75) is 38.1 Å². The van der Waals surface area contributed by atoms with E-state index in [2.05, 4.69) is 31.7 Å². The van der Waals surface area contributed by atoms with Gasteiger partial charge in [-0.15, -0.1) is 0 Å². The summed E-state index contributed by atoms with van der Waals surface area (Å²) in [5, 5.41) is 6.15. The molecular formula is C16H17N5O. The van der Waals surface area contributed by atoms with Crippen LogP contribution in [0.2, 0.25) is 0 Å². The maximum Gasteiger partial charge on any atom is 0.231 e. The summed E-state index contributed by atoms with van der Waals surface area (Å²) in [5.74, 6) is 1.93. The standard InChI is InChI=1S/C16H17N5O/c1-9-2-3-14(17-7-9)19-11-4-10(5-11)13-8-18-16-12(20-13)6-15(22)21-16/h2-3,7-8,10-11H,4-6H2,1H3,(H,17,19)(H,18,21,22). The smallest absolute Gasteiger partial charge is 0.231 e. The van der Waals surface area contributed by atoms with Crippen molar-refractivity contribution >= 4 is 17.5 Å². The van der Waals surface area contributed by atoms with E-state index in [1.165, 1.54) is 0 Å². The van der Waals surface area contributed by atoms with Crippen molar-refractivity contribution in [2.24, 2.45) is 0 Å². The van der Waals surface area contributed by atoms with Crippen LogP contribution in [0, 0.1) is 6.92 Å². The second kappa shape index (κ2) is 5.05. The topological polar surface area (TPSA) is 79.8 Å². The summed E-state index contributed by atoms with van der Waals surface area (Å²) in [6, 6.07) is 4.49. The van der Waals surface area contributed by atoms with Gasteiger partial charge in [0.1, 0.15) is 5.82 Å². The van der Waals surface area contributed by atoms with E-state index in [4.69, 9.17) is 0 Å². The summed E-state index contributed by atoms with van der Waals surface area (Å²) in [4.78, 5) is 24.6. The summed E-state index contributed by atoms with van der Waals surface area (Å²) in [6.07, 6.45) is 6.04. The number of aryl methyl sites for hydroxylation is 1. The van der Waals surface area contributed by atoms with Gasteiger partial charge < -0.3 is 10.6 Å². The van der Waals surface area contributed by atoms with Crippen LogP contribution < -0.4 is 10.6 Å². The molecule has 1 fully saturated rings. The number of hydrogen-bond acceptors (Lipinski definition) is 5. The van der Waals surface area contributed by atoms with Gasteiger partial charge >= 0.3 is 0 Å². The highest BCUT2D eigenvalue weighted by molar-refractivity contribution is 5.97. The molecule has 6 nitrogen and oxygen atoms in total. The molecule has 2 aliphatic rings. The minimum Gasteiger partial charge on any atom is -0.367 e. The Morgan fingerprint density at radius 2 is 2.09 bits per heavy atom. The number of pyridine rings is 1. The number of aromatic nitrogens is 3. The number of nitrogens with zero attached hydrogens (tertiary/aromatic N) is 3. The Balaban J connectivity index is 1.38. The maximum absolute atomic E-state index is 11.3. The van der Waals surface area contributed by atoms with Crippen LogP contribution in [0.3, 0.4) is 0 Å². The molecule has 6 heteroatoms. The van der Waals surface area contributed by atoms with Crippen LogP contribution in [-0.4, -0.2) is 26.9 Å². The van der Waals surface area contributed by atoms with Crippen molar-refractivity contribution in [1.29, 1.82) is 0 Å². The van der Waals surface area contributed by atoms with E-state index in [1.807, 2.05) is 19.2 Å². The minimum absolute atomic E-state index is 0.0225. The number of amides is 1. The Hall–Kier alpha value is -2.50. The zero-order valence-electron chi connectivity index (χ0n) is 12.3. The molecule has 1 aliphatic heterocycles. The lowest BCUT2D eigenvalue weighted by molar-refractivity contribution is -0.115. The molecule has 0 radical (unpaired) electrons. The average molecular weight is 295 g/mol. The first-order chi connectivity index (χ1) is 10.7. The van der Waals surface area contributed by atoms with E-state index in [0.717, 1.165) is 35.6 Å². The van der Waals surface area contributed by atoms with Crippen molar-refractivity contribution in [3.05, 3.63) is 41.5 Å². The number of carbonyl (C=O) groups excluding carboxylic acids is 1. The van der Waals surface area contributed by atoms with Gasteiger partial charge in [-0.3, -0.25) is 9.78 Å². The summed E-state index contributed by atoms with van der Waals surface area (Å²) in [7, 11) is 0. The lowest BCUT2D eigenvalue weighted by Crippen LogP contribution is -2.34. The Morgan fingerprint density at radius 3 is 2.86 bits per heavy atom. The average Bonchev–Trinajstić information content (AvgIpc) is 2.83. The number of carbonyl (C=O) groups is 1. The second-order valence-corrected chi connectivity index (χ2v) is 6.05. The van der Waals surface area contributed by atoms with Crippen LogP contribution in [0.25, 0.3) is 0 Å². The van der Waals surface area contributed by atoms with E-state index >= 15 is 0 Å². The van der Waals surface area contributed by atoms with Crippen molar-refractivity contribution in [1.82, 2.24) is 15.0 Å². The number of fused-ring (bicyclic) bond motifs is 1. The van der Waals surface area contributed by atoms with Crippen molar-refractivity contribution in [2.75, 3.05) is 10.6 Å². The third kappa shape index (κ3) is 2.41. The molecule has 2 N–H and O–H groups in total. The normalized spacial score (nSPS) is 22.7. The molecular weight excluding hydrogens is 278 g/mol. The number of rotatable bonds is 3. The molecule has 112 valence electrons. The molecule has 0 spiro atoms. The van der Waals surface area contributed by atoms with Crippen LogP contribution in [0.5, 0.6) is 0 Å². The first-order valence-electron chi connectivity index (χ1n) is 7.52. The van der Waals surface area contributed by atoms with Crippen molar-refractivity contribution in [3.63, 3.8) is 0 Å². The van der Waals surface area contributed by atoms with E-state index < -0.39 is 0 Å². The fourth-order valence-corrected chi connectivity index (χ4v) is 2.94. The summed E-state index contributed by atoms with van der Waals surface area (Å²) < 4.78 is 0. The third-order valence-corrected chi connectivity index (χ3v) is 4.27. The molecule has 0 bridgehead atoms. The number of anilines is 2. The van der Waals surface area contributed by atoms with Gasteiger partial charge in [0.15, 0.2) is 5.82 Å². The Labute approximate surface area is 128 Å². The quantitative estimate of drug-likeness (QED) is 0.905. The summed E-state index contributed by atoms with van der Waals surface area (Å²) >= 11 is 0. The van der Waals surface area contributed by atoms with E-state index in [0.29, 0.717) is 24.2 Å². The molecule has 2 aromatic heterocycles. The lowest BCUT2D eigenvalue weighted by Gasteiger charge is -2.35. The Morgan fingerprint density at radius 1 is 1.23 bits per heavy atom. The molecule has 1 amide bonds. The van der Waals surface area contributed by atoms with Gasteiger partial charge in [-0.1, -0.05) is 6.07 Å². The van der Waals surface area contributed by atoms with E-state index in [1.54, 1.807) is 6.20 Å². The molecule has 0 aromatic carbocycles. The minimum atomic E-state index is -0.0225. The highest BCUT2D eigenvalue weighted by Gasteiger charge is 2.33. The van der Waals surface area contributed by atoms with Gasteiger partial charge in [0, 0.05) is 18.2 Å². The maximum atomic E-state index is 11.3. The van der Waals surface area contributed by atoms with Gasteiger partial charge in [-0.05, 0) is 31.4 Å². The second-order valence-electron chi connectivity index (χ2n) is 6.05. The monoisotopic (exact) mass is 295 g/mol. The molecule has 1 aliphatic carbocycles. The SMILES string of the molecule is Cc1ccc(NC2CC(c3cnc4c(n3)CC(=O)N4)C2)nc1. The van der Waals surface area contributed by atoms with Gasteiger partial charge in [0.2, 0.25) is 5.91 Å². The first-order valence-corrected chi connectivity index (χ1v) is 7.52. The van der Waals surface area contributed by atoms with Crippen LogP contribution in [0.1, 0.15) is 35.7 Å². The first kappa shape index (κ1) is 13.2. The molecule has 4 rings (SSSR count). The molecule has 2 aromatic rings. The van der Waals surface area contributed by atoms with Crippen LogP contribution in [0.15, 0.2) is 24.5 Å². The predicted octanol–water partition coefficient (Wildman–Crippen LogP) is 2.03. The molecule has 1 saturated carbocycles. The van der Waals surface area contributed by atoms with Crippen molar-refractivity contribution in [3.8, 4) is 0 Å². The van der Waals surface area contributed by atoms with Gasteiger partial charge in [-0.25, -0.2) is 9.97 Å². The number of hydrogen-bond donors (Lipinski definition) is 2. The Kier molecular flexibility index (Phi) is 3.03. The lowest BCUT2D eigenvalue weighted by atomic mass is 9.78. The molecule has 22 heavy (non-hydrogen) atoms. The molecule has 3 heterocycles. The van der Waals surface area contributed by atoms with Gasteiger partial charge in [-0.2, -0.15) is 0 Å². The molecule has 0 atom stereocenters. The molecule has 0 unspecified atom stereocenters. The zero-order valence-corrected chi connectivity index (χ0v) is 12.3. The van der Waals surface area contributed by atoms with E-state index in [-0.39, 0.29) is 5.91 Å².